The van der Waals surface area contributed by atoms with Gasteiger partial charge in [-0.25, -0.2) is 0 Å². The Hall–Kier alpha value is -1.27. The quantitative estimate of drug-likeness (QED) is 0.624. The van der Waals surface area contributed by atoms with Crippen molar-refractivity contribution in [3.05, 3.63) is 70.3 Å². The monoisotopic (exact) mass is 286 g/mol. The van der Waals surface area contributed by atoms with Crippen LogP contribution < -0.4 is 0 Å². The zero-order valence-corrected chi connectivity index (χ0v) is 13.4. The fourth-order valence-corrected chi connectivity index (χ4v) is 2.90. The van der Waals surface area contributed by atoms with Gasteiger partial charge in [0.05, 0.1) is 5.38 Å². The van der Waals surface area contributed by atoms with Crippen molar-refractivity contribution in [1.82, 2.24) is 0 Å². The Balaban J connectivity index is 2.23. The Bertz CT molecular complexity index is 554. The lowest BCUT2D eigenvalue weighted by molar-refractivity contribution is 0.889. The molecule has 1 heteroatoms. The summed E-state index contributed by atoms with van der Waals surface area (Å²) < 4.78 is 0. The molecule has 0 bridgehead atoms. The third-order valence-electron chi connectivity index (χ3n) is 3.87. The maximum atomic E-state index is 6.69. The SMILES string of the molecule is CCc1ccc(CC)c(C(Cl)Cc2ccc(C)cc2)c1. The van der Waals surface area contributed by atoms with Crippen molar-refractivity contribution in [2.75, 3.05) is 0 Å². The first-order valence-electron chi connectivity index (χ1n) is 7.45. The van der Waals surface area contributed by atoms with Gasteiger partial charge in [0.2, 0.25) is 0 Å². The highest BCUT2D eigenvalue weighted by Gasteiger charge is 2.13. The predicted octanol–water partition coefficient (Wildman–Crippen LogP) is 5.64. The minimum atomic E-state index is 0.0548. The molecule has 1 unspecified atom stereocenters. The summed E-state index contributed by atoms with van der Waals surface area (Å²) >= 11 is 6.69. The summed E-state index contributed by atoms with van der Waals surface area (Å²) in [7, 11) is 0. The molecule has 0 spiro atoms. The molecule has 0 saturated carbocycles. The van der Waals surface area contributed by atoms with Crippen molar-refractivity contribution >= 4 is 11.6 Å². The van der Waals surface area contributed by atoms with E-state index < -0.39 is 0 Å². The summed E-state index contributed by atoms with van der Waals surface area (Å²) in [6.45, 7) is 6.50. The third-order valence-corrected chi connectivity index (χ3v) is 4.26. The first kappa shape index (κ1) is 15.1. The number of rotatable bonds is 5. The van der Waals surface area contributed by atoms with Crippen LogP contribution in [0.3, 0.4) is 0 Å². The van der Waals surface area contributed by atoms with Crippen molar-refractivity contribution in [3.8, 4) is 0 Å². The second-order valence-electron chi connectivity index (χ2n) is 5.40. The predicted molar refractivity (Wildman–Crippen MR) is 88.7 cm³/mol. The Labute approximate surface area is 127 Å². The highest BCUT2D eigenvalue weighted by Crippen LogP contribution is 2.29. The topological polar surface area (TPSA) is 0 Å². The largest absolute Gasteiger partial charge is 0.117 e. The zero-order chi connectivity index (χ0) is 14.5. The Morgan fingerprint density at radius 2 is 1.55 bits per heavy atom. The van der Waals surface area contributed by atoms with Crippen molar-refractivity contribution in [2.24, 2.45) is 0 Å². The van der Waals surface area contributed by atoms with Gasteiger partial charge in [-0.1, -0.05) is 61.9 Å². The fraction of sp³-hybridized carbons (Fsp3) is 0.368. The lowest BCUT2D eigenvalue weighted by atomic mass is 9.95. The van der Waals surface area contributed by atoms with Gasteiger partial charge in [-0.05, 0) is 48.4 Å². The number of halogens is 1. The summed E-state index contributed by atoms with van der Waals surface area (Å²) in [6, 6.07) is 15.4. The molecule has 0 aromatic heterocycles. The summed E-state index contributed by atoms with van der Waals surface area (Å²) in [6.07, 6.45) is 2.99. The first-order valence-corrected chi connectivity index (χ1v) is 7.89. The molecular weight excluding hydrogens is 264 g/mol. The van der Waals surface area contributed by atoms with Gasteiger partial charge in [-0.2, -0.15) is 0 Å². The second-order valence-corrected chi connectivity index (χ2v) is 5.92. The van der Waals surface area contributed by atoms with Gasteiger partial charge in [-0.3, -0.25) is 0 Å². The van der Waals surface area contributed by atoms with E-state index >= 15 is 0 Å². The Morgan fingerprint density at radius 1 is 0.900 bits per heavy atom. The smallest absolute Gasteiger partial charge is 0.0628 e. The molecule has 0 amide bonds. The van der Waals surface area contributed by atoms with Crippen LogP contribution in [0.15, 0.2) is 42.5 Å². The van der Waals surface area contributed by atoms with Gasteiger partial charge in [-0.15, -0.1) is 11.6 Å². The lowest BCUT2D eigenvalue weighted by Gasteiger charge is -2.16. The molecule has 0 heterocycles. The van der Waals surface area contributed by atoms with Crippen LogP contribution >= 0.6 is 11.6 Å². The third kappa shape index (κ3) is 3.64. The standard InChI is InChI=1S/C19H23Cl/c1-4-15-10-11-17(5-2)18(12-15)19(20)13-16-8-6-14(3)7-9-16/h6-12,19H,4-5,13H2,1-3H3. The molecule has 0 aliphatic rings. The lowest BCUT2D eigenvalue weighted by Crippen LogP contribution is -2.01. The Morgan fingerprint density at radius 3 is 2.15 bits per heavy atom. The van der Waals surface area contributed by atoms with Gasteiger partial charge in [0.1, 0.15) is 0 Å². The molecule has 0 fully saturated rings. The van der Waals surface area contributed by atoms with Gasteiger partial charge in [0.25, 0.3) is 0 Å². The Kier molecular flexibility index (Phi) is 5.25. The molecule has 2 aromatic rings. The fourth-order valence-electron chi connectivity index (χ4n) is 2.52. The van der Waals surface area contributed by atoms with Crippen LogP contribution in [-0.2, 0) is 19.3 Å². The molecule has 0 aliphatic heterocycles. The van der Waals surface area contributed by atoms with Crippen LogP contribution in [0.2, 0.25) is 0 Å². The molecule has 20 heavy (non-hydrogen) atoms. The maximum absolute atomic E-state index is 6.69. The van der Waals surface area contributed by atoms with E-state index in [2.05, 4.69) is 63.2 Å². The molecule has 0 N–H and O–H groups in total. The molecular formula is C19H23Cl. The van der Waals surface area contributed by atoms with E-state index in [0.29, 0.717) is 0 Å². The first-order chi connectivity index (χ1) is 9.63. The average Bonchev–Trinajstić information content (AvgIpc) is 2.48. The van der Waals surface area contributed by atoms with Crippen LogP contribution in [0, 0.1) is 6.92 Å². The van der Waals surface area contributed by atoms with Gasteiger partial charge in [0.15, 0.2) is 0 Å². The van der Waals surface area contributed by atoms with E-state index in [9.17, 15) is 0 Å². The molecule has 0 radical (unpaired) electrons. The number of aryl methyl sites for hydroxylation is 3. The van der Waals surface area contributed by atoms with Crippen LogP contribution in [0.5, 0.6) is 0 Å². The summed E-state index contributed by atoms with van der Waals surface area (Å²) in [5.74, 6) is 0. The van der Waals surface area contributed by atoms with Gasteiger partial charge >= 0.3 is 0 Å². The van der Waals surface area contributed by atoms with E-state index in [-0.39, 0.29) is 5.38 Å². The van der Waals surface area contributed by atoms with Crippen molar-refractivity contribution in [1.29, 1.82) is 0 Å². The highest BCUT2D eigenvalue weighted by molar-refractivity contribution is 6.21. The van der Waals surface area contributed by atoms with Crippen LogP contribution in [0.1, 0.15) is 47.0 Å². The summed E-state index contributed by atoms with van der Waals surface area (Å²) in [5, 5.41) is 0.0548. The minimum absolute atomic E-state index is 0.0548. The van der Waals surface area contributed by atoms with E-state index in [1.54, 1.807) is 0 Å². The maximum Gasteiger partial charge on any atom is 0.0628 e. The van der Waals surface area contributed by atoms with Crippen LogP contribution in [-0.4, -0.2) is 0 Å². The van der Waals surface area contributed by atoms with E-state index in [1.165, 1.54) is 27.8 Å². The second kappa shape index (κ2) is 6.95. The molecule has 0 aliphatic carbocycles. The number of benzene rings is 2. The highest BCUT2D eigenvalue weighted by atomic mass is 35.5. The van der Waals surface area contributed by atoms with E-state index in [4.69, 9.17) is 11.6 Å². The number of hydrogen-bond acceptors (Lipinski definition) is 0. The van der Waals surface area contributed by atoms with Gasteiger partial charge in [0, 0.05) is 0 Å². The zero-order valence-electron chi connectivity index (χ0n) is 12.6. The normalized spacial score (nSPS) is 12.4. The van der Waals surface area contributed by atoms with Crippen molar-refractivity contribution in [3.63, 3.8) is 0 Å². The molecule has 0 saturated heterocycles. The molecule has 2 rings (SSSR count). The van der Waals surface area contributed by atoms with Crippen molar-refractivity contribution < 1.29 is 0 Å². The number of alkyl halides is 1. The molecule has 106 valence electrons. The molecule has 2 aromatic carbocycles. The van der Waals surface area contributed by atoms with E-state index in [0.717, 1.165) is 19.3 Å². The van der Waals surface area contributed by atoms with E-state index in [1.807, 2.05) is 0 Å². The number of hydrogen-bond donors (Lipinski definition) is 0. The molecule has 0 nitrogen and oxygen atoms in total. The van der Waals surface area contributed by atoms with Gasteiger partial charge < -0.3 is 0 Å². The average molecular weight is 287 g/mol. The summed E-state index contributed by atoms with van der Waals surface area (Å²) in [5.41, 5.74) is 6.64. The summed E-state index contributed by atoms with van der Waals surface area (Å²) in [4.78, 5) is 0. The van der Waals surface area contributed by atoms with Crippen molar-refractivity contribution in [2.45, 2.75) is 45.4 Å². The minimum Gasteiger partial charge on any atom is -0.117 e. The van der Waals surface area contributed by atoms with Crippen LogP contribution in [0.4, 0.5) is 0 Å². The van der Waals surface area contributed by atoms with Crippen LogP contribution in [0.25, 0.3) is 0 Å². The molecule has 1 atom stereocenters.